The van der Waals surface area contributed by atoms with Crippen LogP contribution in [0.25, 0.3) is 0 Å². The van der Waals surface area contributed by atoms with Crippen LogP contribution < -0.4 is 4.90 Å². The van der Waals surface area contributed by atoms with E-state index in [4.69, 9.17) is 0 Å². The van der Waals surface area contributed by atoms with E-state index in [2.05, 4.69) is 4.74 Å². The quantitative estimate of drug-likeness (QED) is 0.761. The molecule has 98 valence electrons. The van der Waals surface area contributed by atoms with Crippen LogP contribution in [0.5, 0.6) is 0 Å². The molecule has 1 heterocycles. The zero-order valence-corrected chi connectivity index (χ0v) is 10.2. The van der Waals surface area contributed by atoms with Crippen molar-refractivity contribution in [3.8, 4) is 0 Å². The Bertz CT molecular complexity index is 448. The van der Waals surface area contributed by atoms with E-state index in [9.17, 15) is 13.6 Å². The first-order valence-electron chi connectivity index (χ1n) is 5.83. The molecule has 0 unspecified atom stereocenters. The molecule has 1 aromatic carbocycles. The minimum absolute atomic E-state index is 0.0693. The molecule has 3 nitrogen and oxygen atoms in total. The van der Waals surface area contributed by atoms with Gasteiger partial charge in [0.2, 0.25) is 0 Å². The summed E-state index contributed by atoms with van der Waals surface area (Å²) in [5.74, 6) is -3.11. The third-order valence-electron chi connectivity index (χ3n) is 3.03. The smallest absolute Gasteiger partial charge is 0.337 e. The zero-order chi connectivity index (χ0) is 13.2. The van der Waals surface area contributed by atoms with Crippen LogP contribution in [-0.2, 0) is 4.74 Å². The molecule has 0 N–H and O–H groups in total. The van der Waals surface area contributed by atoms with E-state index >= 15 is 0 Å². The molecule has 0 aliphatic carbocycles. The molecule has 0 atom stereocenters. The first kappa shape index (κ1) is 12.8. The Hall–Kier alpha value is -1.65. The van der Waals surface area contributed by atoms with E-state index in [-0.39, 0.29) is 13.0 Å². The third kappa shape index (κ3) is 2.78. The second kappa shape index (κ2) is 4.92. The number of ether oxygens (including phenoxy) is 1. The molecule has 1 aliphatic rings. The second-order valence-corrected chi connectivity index (χ2v) is 4.42. The predicted molar refractivity (Wildman–Crippen MR) is 64.2 cm³/mol. The number of halogens is 2. The van der Waals surface area contributed by atoms with Crippen molar-refractivity contribution < 1.29 is 18.3 Å². The monoisotopic (exact) mass is 255 g/mol. The van der Waals surface area contributed by atoms with E-state index in [1.807, 2.05) is 0 Å². The lowest BCUT2D eigenvalue weighted by Crippen LogP contribution is -2.42. The van der Waals surface area contributed by atoms with Crippen molar-refractivity contribution in [1.29, 1.82) is 0 Å². The molecule has 2 rings (SSSR count). The predicted octanol–water partition coefficient (Wildman–Crippen LogP) is 2.71. The molecule has 1 aliphatic heterocycles. The van der Waals surface area contributed by atoms with Crippen LogP contribution in [0.15, 0.2) is 24.3 Å². The number of piperidine rings is 1. The van der Waals surface area contributed by atoms with Crippen LogP contribution in [0.1, 0.15) is 23.2 Å². The van der Waals surface area contributed by atoms with Gasteiger partial charge in [0.25, 0.3) is 5.92 Å². The van der Waals surface area contributed by atoms with Gasteiger partial charge in [0.15, 0.2) is 0 Å². The van der Waals surface area contributed by atoms with Gasteiger partial charge < -0.3 is 9.64 Å². The summed E-state index contributed by atoms with van der Waals surface area (Å²) in [7, 11) is 1.30. The summed E-state index contributed by atoms with van der Waals surface area (Å²) in [6, 6.07) is 6.60. The first-order valence-corrected chi connectivity index (χ1v) is 5.83. The van der Waals surface area contributed by atoms with E-state index in [1.165, 1.54) is 7.11 Å². The molecule has 0 radical (unpaired) electrons. The van der Waals surface area contributed by atoms with Gasteiger partial charge in [-0.3, -0.25) is 0 Å². The molecular formula is C13H15F2NO2. The fourth-order valence-electron chi connectivity index (χ4n) is 2.13. The Morgan fingerprint density at radius 2 is 2.22 bits per heavy atom. The number of alkyl halides is 2. The maximum atomic E-state index is 13.3. The highest BCUT2D eigenvalue weighted by atomic mass is 19.3. The average molecular weight is 255 g/mol. The second-order valence-electron chi connectivity index (χ2n) is 4.42. The largest absolute Gasteiger partial charge is 0.465 e. The van der Waals surface area contributed by atoms with E-state index in [0.29, 0.717) is 24.2 Å². The number of esters is 1. The summed E-state index contributed by atoms with van der Waals surface area (Å²) in [6.45, 7) is 0.290. The molecule has 1 saturated heterocycles. The van der Waals surface area contributed by atoms with Crippen molar-refractivity contribution in [2.24, 2.45) is 0 Å². The van der Waals surface area contributed by atoms with Gasteiger partial charge in [-0.25, -0.2) is 13.6 Å². The Kier molecular flexibility index (Phi) is 3.50. The summed E-state index contributed by atoms with van der Waals surface area (Å²) in [5.41, 5.74) is 1.01. The molecule has 1 fully saturated rings. The molecule has 0 bridgehead atoms. The standard InChI is InChI=1S/C13H15F2NO2/c1-18-12(17)10-4-2-5-11(8-10)16-7-3-6-13(14,15)9-16/h2,4-5,8H,3,6-7,9H2,1H3. The highest BCUT2D eigenvalue weighted by molar-refractivity contribution is 5.90. The van der Waals surface area contributed by atoms with Crippen molar-refractivity contribution in [1.82, 2.24) is 0 Å². The number of anilines is 1. The SMILES string of the molecule is COC(=O)c1cccc(N2CCCC(F)(F)C2)c1. The lowest BCUT2D eigenvalue weighted by atomic mass is 10.1. The molecule has 0 aromatic heterocycles. The van der Waals surface area contributed by atoms with E-state index in [1.54, 1.807) is 29.2 Å². The van der Waals surface area contributed by atoms with Crippen LogP contribution in [0.4, 0.5) is 14.5 Å². The molecule has 18 heavy (non-hydrogen) atoms. The van der Waals surface area contributed by atoms with Gasteiger partial charge in [-0.05, 0) is 24.6 Å². The van der Waals surface area contributed by atoms with E-state index < -0.39 is 11.9 Å². The van der Waals surface area contributed by atoms with Crippen molar-refractivity contribution in [3.05, 3.63) is 29.8 Å². The molecule has 5 heteroatoms. The van der Waals surface area contributed by atoms with Crippen molar-refractivity contribution in [2.75, 3.05) is 25.1 Å². The maximum Gasteiger partial charge on any atom is 0.337 e. The Morgan fingerprint density at radius 3 is 2.89 bits per heavy atom. The Morgan fingerprint density at radius 1 is 1.44 bits per heavy atom. The third-order valence-corrected chi connectivity index (χ3v) is 3.03. The van der Waals surface area contributed by atoms with Crippen LogP contribution in [-0.4, -0.2) is 32.1 Å². The fraction of sp³-hybridized carbons (Fsp3) is 0.462. The summed E-state index contributed by atoms with van der Waals surface area (Å²) in [4.78, 5) is 13.0. The molecule has 0 spiro atoms. The van der Waals surface area contributed by atoms with Crippen LogP contribution in [0.3, 0.4) is 0 Å². The highest BCUT2D eigenvalue weighted by Gasteiger charge is 2.35. The van der Waals surface area contributed by atoms with Crippen LogP contribution in [0.2, 0.25) is 0 Å². The van der Waals surface area contributed by atoms with Gasteiger partial charge in [-0.15, -0.1) is 0 Å². The Labute approximate surface area is 104 Å². The summed E-state index contributed by atoms with van der Waals surface area (Å²) < 4.78 is 31.3. The van der Waals surface area contributed by atoms with Gasteiger partial charge in [-0.1, -0.05) is 6.07 Å². The maximum absolute atomic E-state index is 13.3. The van der Waals surface area contributed by atoms with Crippen LogP contribution in [0, 0.1) is 0 Å². The number of hydrogen-bond donors (Lipinski definition) is 0. The van der Waals surface area contributed by atoms with Gasteiger partial charge >= 0.3 is 5.97 Å². The van der Waals surface area contributed by atoms with Gasteiger partial charge in [0.05, 0.1) is 19.2 Å². The average Bonchev–Trinajstić information content (AvgIpc) is 2.37. The summed E-state index contributed by atoms with van der Waals surface area (Å²) in [6.07, 6.45) is 0.385. The van der Waals surface area contributed by atoms with Crippen molar-refractivity contribution >= 4 is 11.7 Å². The van der Waals surface area contributed by atoms with Gasteiger partial charge in [-0.2, -0.15) is 0 Å². The normalized spacial score (nSPS) is 18.5. The first-order chi connectivity index (χ1) is 8.52. The molecule has 0 amide bonds. The van der Waals surface area contributed by atoms with E-state index in [0.717, 1.165) is 0 Å². The summed E-state index contributed by atoms with van der Waals surface area (Å²) >= 11 is 0. The number of carbonyl (C=O) groups is 1. The minimum atomic E-state index is -2.65. The van der Waals surface area contributed by atoms with Crippen LogP contribution >= 0.6 is 0 Å². The fourth-order valence-corrected chi connectivity index (χ4v) is 2.13. The Balaban J connectivity index is 2.20. The van der Waals surface area contributed by atoms with Crippen molar-refractivity contribution in [3.63, 3.8) is 0 Å². The molecular weight excluding hydrogens is 240 g/mol. The summed E-state index contributed by atoms with van der Waals surface area (Å²) in [5, 5.41) is 0. The highest BCUT2D eigenvalue weighted by Crippen LogP contribution is 2.30. The molecule has 0 saturated carbocycles. The van der Waals surface area contributed by atoms with Gasteiger partial charge in [0, 0.05) is 18.7 Å². The van der Waals surface area contributed by atoms with Gasteiger partial charge in [0.1, 0.15) is 0 Å². The number of rotatable bonds is 2. The number of benzene rings is 1. The number of nitrogens with zero attached hydrogens (tertiary/aromatic N) is 1. The minimum Gasteiger partial charge on any atom is -0.465 e. The number of carbonyl (C=O) groups excluding carboxylic acids is 1. The lowest BCUT2D eigenvalue weighted by molar-refractivity contribution is -0.0116. The number of hydrogen-bond acceptors (Lipinski definition) is 3. The van der Waals surface area contributed by atoms with Crippen molar-refractivity contribution in [2.45, 2.75) is 18.8 Å². The molecule has 1 aromatic rings. The zero-order valence-electron chi connectivity index (χ0n) is 10.2. The number of methoxy groups -OCH3 is 1. The lowest BCUT2D eigenvalue weighted by Gasteiger charge is -2.34. The topological polar surface area (TPSA) is 29.5 Å².